The second-order valence-corrected chi connectivity index (χ2v) is 6.52. The van der Waals surface area contributed by atoms with Crippen molar-refractivity contribution in [2.75, 3.05) is 6.54 Å². The first kappa shape index (κ1) is 15.9. The lowest BCUT2D eigenvalue weighted by molar-refractivity contribution is -0.122. The molecule has 124 valence electrons. The van der Waals surface area contributed by atoms with Crippen molar-refractivity contribution in [2.24, 2.45) is 0 Å². The molecule has 2 N–H and O–H groups in total. The van der Waals surface area contributed by atoms with Crippen molar-refractivity contribution in [2.45, 2.75) is 58.0 Å². The molecule has 2 aromatic rings. The van der Waals surface area contributed by atoms with Gasteiger partial charge >= 0.3 is 0 Å². The van der Waals surface area contributed by atoms with Crippen LogP contribution in [-0.4, -0.2) is 42.7 Å². The third-order valence-electron chi connectivity index (χ3n) is 4.38. The average molecular weight is 317 g/mol. The van der Waals surface area contributed by atoms with Crippen LogP contribution in [0.25, 0.3) is 5.78 Å². The minimum Gasteiger partial charge on any atom is -0.388 e. The van der Waals surface area contributed by atoms with Gasteiger partial charge in [-0.15, -0.1) is 5.10 Å². The molecule has 0 atom stereocenters. The molecule has 1 saturated carbocycles. The Hall–Kier alpha value is -2.02. The lowest BCUT2D eigenvalue weighted by atomic mass is 9.85. The number of fused-ring (bicyclic) bond motifs is 1. The molecule has 0 saturated heterocycles. The Morgan fingerprint density at radius 2 is 2.04 bits per heavy atom. The van der Waals surface area contributed by atoms with Crippen LogP contribution in [0.15, 0.2) is 6.07 Å². The average Bonchev–Trinajstić information content (AvgIpc) is 2.89. The number of aryl methyl sites for hydroxylation is 2. The highest BCUT2D eigenvalue weighted by Gasteiger charge is 2.29. The van der Waals surface area contributed by atoms with E-state index in [1.165, 1.54) is 0 Å². The molecule has 2 heterocycles. The molecule has 0 spiro atoms. The van der Waals surface area contributed by atoms with Crippen molar-refractivity contribution in [3.63, 3.8) is 0 Å². The summed E-state index contributed by atoms with van der Waals surface area (Å²) in [5.41, 5.74) is 1.05. The number of amides is 1. The van der Waals surface area contributed by atoms with Crippen LogP contribution in [0.1, 0.15) is 49.3 Å². The van der Waals surface area contributed by atoms with Crippen LogP contribution < -0.4 is 5.32 Å². The Morgan fingerprint density at radius 3 is 2.78 bits per heavy atom. The topological polar surface area (TPSA) is 92.4 Å². The van der Waals surface area contributed by atoms with Gasteiger partial charge < -0.3 is 10.4 Å². The summed E-state index contributed by atoms with van der Waals surface area (Å²) in [4.78, 5) is 20.7. The van der Waals surface area contributed by atoms with Crippen LogP contribution in [0.4, 0.5) is 0 Å². The van der Waals surface area contributed by atoms with E-state index in [0.717, 1.165) is 43.5 Å². The van der Waals surface area contributed by atoms with E-state index in [-0.39, 0.29) is 12.3 Å². The zero-order valence-corrected chi connectivity index (χ0v) is 13.7. The molecule has 0 radical (unpaired) electrons. The molecule has 1 amide bonds. The van der Waals surface area contributed by atoms with Crippen LogP contribution in [0.3, 0.4) is 0 Å². The summed E-state index contributed by atoms with van der Waals surface area (Å²) in [6.07, 6.45) is 4.80. The molecule has 1 aliphatic rings. The summed E-state index contributed by atoms with van der Waals surface area (Å²) in [5, 5.41) is 17.5. The number of aliphatic hydroxyl groups is 1. The predicted octanol–water partition coefficient (Wildman–Crippen LogP) is 1.10. The summed E-state index contributed by atoms with van der Waals surface area (Å²) in [6, 6.07) is 1.92. The van der Waals surface area contributed by atoms with Gasteiger partial charge in [0.2, 0.25) is 5.91 Å². The van der Waals surface area contributed by atoms with Gasteiger partial charge in [-0.05, 0) is 32.8 Å². The van der Waals surface area contributed by atoms with Crippen LogP contribution >= 0.6 is 0 Å². The smallest absolute Gasteiger partial charge is 0.252 e. The van der Waals surface area contributed by atoms with E-state index in [4.69, 9.17) is 0 Å². The highest BCUT2D eigenvalue weighted by molar-refractivity contribution is 5.77. The second kappa shape index (κ2) is 6.23. The number of carbonyl (C=O) groups excluding carboxylic acids is 1. The second-order valence-electron chi connectivity index (χ2n) is 6.52. The fraction of sp³-hybridized carbons (Fsp3) is 0.625. The SMILES string of the molecule is Cc1cc(C)n2nc(CC(=O)NCC3(O)CCCCC3)nc2n1. The van der Waals surface area contributed by atoms with Gasteiger partial charge in [-0.1, -0.05) is 19.3 Å². The first-order chi connectivity index (χ1) is 11.0. The maximum Gasteiger partial charge on any atom is 0.252 e. The van der Waals surface area contributed by atoms with E-state index >= 15 is 0 Å². The molecule has 2 aromatic heterocycles. The van der Waals surface area contributed by atoms with Crippen molar-refractivity contribution in [3.05, 3.63) is 23.3 Å². The van der Waals surface area contributed by atoms with Crippen LogP contribution in [-0.2, 0) is 11.2 Å². The van der Waals surface area contributed by atoms with Gasteiger partial charge in [-0.25, -0.2) is 9.50 Å². The Balaban J connectivity index is 1.62. The van der Waals surface area contributed by atoms with Crippen molar-refractivity contribution in [1.82, 2.24) is 24.9 Å². The number of rotatable bonds is 4. The van der Waals surface area contributed by atoms with Crippen LogP contribution in [0.2, 0.25) is 0 Å². The van der Waals surface area contributed by atoms with Gasteiger partial charge in [0.15, 0.2) is 5.82 Å². The molecule has 1 fully saturated rings. The largest absolute Gasteiger partial charge is 0.388 e. The molecule has 3 rings (SSSR count). The lowest BCUT2D eigenvalue weighted by Crippen LogP contribution is -2.44. The molecule has 7 heteroatoms. The van der Waals surface area contributed by atoms with E-state index in [1.807, 2.05) is 19.9 Å². The molecule has 23 heavy (non-hydrogen) atoms. The summed E-state index contributed by atoms with van der Waals surface area (Å²) >= 11 is 0. The van der Waals surface area contributed by atoms with Gasteiger partial charge in [-0.3, -0.25) is 4.79 Å². The minimum atomic E-state index is -0.754. The Morgan fingerprint density at radius 1 is 1.30 bits per heavy atom. The number of nitrogens with one attached hydrogen (secondary N) is 1. The third kappa shape index (κ3) is 3.67. The molecule has 7 nitrogen and oxygen atoms in total. The summed E-state index contributed by atoms with van der Waals surface area (Å²) in [7, 11) is 0. The van der Waals surface area contributed by atoms with Gasteiger partial charge in [0, 0.05) is 17.9 Å². The molecule has 0 aromatic carbocycles. The molecule has 1 aliphatic carbocycles. The number of hydrogen-bond acceptors (Lipinski definition) is 5. The standard InChI is InChI=1S/C16H23N5O2/c1-11-8-12(2)21-15(18-11)19-13(20-21)9-14(22)17-10-16(23)6-4-3-5-7-16/h8,23H,3-7,9-10H2,1-2H3,(H,17,22). The molecule has 0 bridgehead atoms. The summed E-state index contributed by atoms with van der Waals surface area (Å²) < 4.78 is 1.64. The van der Waals surface area contributed by atoms with Crippen molar-refractivity contribution >= 4 is 11.7 Å². The zero-order chi connectivity index (χ0) is 16.4. The number of aromatic nitrogens is 4. The van der Waals surface area contributed by atoms with Gasteiger partial charge in [0.1, 0.15) is 0 Å². The van der Waals surface area contributed by atoms with E-state index in [0.29, 0.717) is 18.1 Å². The van der Waals surface area contributed by atoms with E-state index < -0.39 is 5.60 Å². The highest BCUT2D eigenvalue weighted by atomic mass is 16.3. The van der Waals surface area contributed by atoms with Crippen molar-refractivity contribution < 1.29 is 9.90 Å². The maximum atomic E-state index is 12.1. The Labute approximate surface area is 135 Å². The maximum absolute atomic E-state index is 12.1. The minimum absolute atomic E-state index is 0.0952. The number of carbonyl (C=O) groups is 1. The molecule has 0 unspecified atom stereocenters. The molecule has 0 aliphatic heterocycles. The Kier molecular flexibility index (Phi) is 4.30. The summed E-state index contributed by atoms with van der Waals surface area (Å²) in [5.74, 6) is 0.782. The van der Waals surface area contributed by atoms with Crippen molar-refractivity contribution in [1.29, 1.82) is 0 Å². The van der Waals surface area contributed by atoms with Gasteiger partial charge in [0.05, 0.1) is 12.0 Å². The van der Waals surface area contributed by atoms with Crippen molar-refractivity contribution in [3.8, 4) is 0 Å². The lowest BCUT2D eigenvalue weighted by Gasteiger charge is -2.32. The predicted molar refractivity (Wildman–Crippen MR) is 85.0 cm³/mol. The third-order valence-corrected chi connectivity index (χ3v) is 4.38. The molecular weight excluding hydrogens is 294 g/mol. The van der Waals surface area contributed by atoms with E-state index in [9.17, 15) is 9.90 Å². The molecular formula is C16H23N5O2. The van der Waals surface area contributed by atoms with E-state index in [2.05, 4.69) is 20.4 Å². The summed E-state index contributed by atoms with van der Waals surface area (Å²) in [6.45, 7) is 4.13. The van der Waals surface area contributed by atoms with E-state index in [1.54, 1.807) is 4.52 Å². The zero-order valence-electron chi connectivity index (χ0n) is 13.7. The normalized spacial score (nSPS) is 17.3. The first-order valence-electron chi connectivity index (χ1n) is 8.14. The number of nitrogens with zero attached hydrogens (tertiary/aromatic N) is 4. The monoisotopic (exact) mass is 317 g/mol. The number of hydrogen-bond donors (Lipinski definition) is 2. The fourth-order valence-electron chi connectivity index (χ4n) is 3.14. The first-order valence-corrected chi connectivity index (χ1v) is 8.14. The van der Waals surface area contributed by atoms with Crippen LogP contribution in [0.5, 0.6) is 0 Å². The van der Waals surface area contributed by atoms with Gasteiger partial charge in [-0.2, -0.15) is 4.98 Å². The Bertz CT molecular complexity index is 719. The quantitative estimate of drug-likeness (QED) is 0.881. The highest BCUT2D eigenvalue weighted by Crippen LogP contribution is 2.27. The van der Waals surface area contributed by atoms with Gasteiger partial charge in [0.25, 0.3) is 5.78 Å². The fourth-order valence-corrected chi connectivity index (χ4v) is 3.14. The van der Waals surface area contributed by atoms with Crippen LogP contribution in [0, 0.1) is 13.8 Å².